The normalized spacial score (nSPS) is 20.1. The van der Waals surface area contributed by atoms with Crippen molar-refractivity contribution >= 4 is 17.5 Å². The van der Waals surface area contributed by atoms with Gasteiger partial charge in [-0.1, -0.05) is 30.3 Å². The highest BCUT2D eigenvalue weighted by atomic mass is 35.5. The van der Waals surface area contributed by atoms with E-state index in [9.17, 15) is 4.79 Å². The second kappa shape index (κ2) is 5.53. The van der Waals surface area contributed by atoms with Gasteiger partial charge in [-0.05, 0) is 54.7 Å². The van der Waals surface area contributed by atoms with Crippen molar-refractivity contribution in [1.82, 2.24) is 5.32 Å². The average molecular weight is 300 g/mol. The maximum absolute atomic E-state index is 12.4. The molecule has 0 spiro atoms. The third-order valence-electron chi connectivity index (χ3n) is 4.22. The molecule has 1 N–H and O–H groups in total. The number of alkyl halides is 1. The zero-order valence-corrected chi connectivity index (χ0v) is 12.9. The summed E-state index contributed by atoms with van der Waals surface area (Å²) in [5.74, 6) is -0.0644. The van der Waals surface area contributed by atoms with E-state index in [4.69, 9.17) is 11.6 Å². The minimum absolute atomic E-state index is 0.0644. The molecule has 0 saturated carbocycles. The molecule has 21 heavy (non-hydrogen) atoms. The highest BCUT2D eigenvalue weighted by Gasteiger charge is 2.32. The van der Waals surface area contributed by atoms with Crippen molar-refractivity contribution in [1.29, 1.82) is 0 Å². The number of amides is 1. The second-order valence-corrected chi connectivity index (χ2v) is 6.23. The molecule has 2 nitrogen and oxygen atoms in total. The number of aryl methyl sites for hydroxylation is 2. The number of fused-ring (bicyclic) bond motifs is 1. The Hall–Kier alpha value is -1.80. The molecule has 0 aliphatic heterocycles. The Kier molecular flexibility index (Phi) is 3.73. The fraction of sp³-hybridized carbons (Fsp3) is 0.278. The molecule has 0 heterocycles. The number of carbonyl (C=O) groups is 1. The van der Waals surface area contributed by atoms with Gasteiger partial charge in [0.25, 0.3) is 5.91 Å². The van der Waals surface area contributed by atoms with Crippen LogP contribution in [0.4, 0.5) is 0 Å². The summed E-state index contributed by atoms with van der Waals surface area (Å²) in [4.78, 5) is 12.4. The topological polar surface area (TPSA) is 29.1 Å². The summed E-state index contributed by atoms with van der Waals surface area (Å²) in [6, 6.07) is 13.8. The predicted octanol–water partition coefficient (Wildman–Crippen LogP) is 3.94. The lowest BCUT2D eigenvalue weighted by Crippen LogP contribution is -2.31. The van der Waals surface area contributed by atoms with Crippen molar-refractivity contribution in [2.24, 2.45) is 0 Å². The molecule has 2 unspecified atom stereocenters. The van der Waals surface area contributed by atoms with E-state index in [1.807, 2.05) is 50.2 Å². The Morgan fingerprint density at radius 2 is 1.90 bits per heavy atom. The van der Waals surface area contributed by atoms with Crippen molar-refractivity contribution in [2.45, 2.75) is 31.7 Å². The summed E-state index contributed by atoms with van der Waals surface area (Å²) in [5, 5.41) is 2.99. The minimum atomic E-state index is -0.114. The van der Waals surface area contributed by atoms with Gasteiger partial charge in [0.15, 0.2) is 0 Å². The van der Waals surface area contributed by atoms with Crippen LogP contribution in [0.1, 0.15) is 38.7 Å². The minimum Gasteiger partial charge on any atom is -0.344 e. The molecule has 2 aromatic carbocycles. The second-order valence-electron chi connectivity index (χ2n) is 5.67. The predicted molar refractivity (Wildman–Crippen MR) is 85.9 cm³/mol. The van der Waals surface area contributed by atoms with Crippen LogP contribution in [0, 0.1) is 13.8 Å². The van der Waals surface area contributed by atoms with Crippen LogP contribution in [0.2, 0.25) is 0 Å². The van der Waals surface area contributed by atoms with Gasteiger partial charge in [-0.3, -0.25) is 4.79 Å². The number of rotatable bonds is 2. The van der Waals surface area contributed by atoms with Crippen LogP contribution < -0.4 is 5.32 Å². The zero-order valence-electron chi connectivity index (χ0n) is 12.2. The smallest absolute Gasteiger partial charge is 0.251 e. The highest BCUT2D eigenvalue weighted by Crippen LogP contribution is 2.34. The lowest BCUT2D eigenvalue weighted by atomic mass is 10.0. The van der Waals surface area contributed by atoms with E-state index in [0.29, 0.717) is 5.56 Å². The SMILES string of the molecule is Cc1ccc(C(=O)NC2c3ccccc3CC2Cl)cc1C. The third kappa shape index (κ3) is 2.68. The van der Waals surface area contributed by atoms with Crippen LogP contribution in [-0.2, 0) is 6.42 Å². The van der Waals surface area contributed by atoms with Gasteiger partial charge < -0.3 is 5.32 Å². The largest absolute Gasteiger partial charge is 0.344 e. The fourth-order valence-electron chi connectivity index (χ4n) is 2.82. The van der Waals surface area contributed by atoms with Crippen molar-refractivity contribution in [3.8, 4) is 0 Å². The number of hydrogen-bond donors (Lipinski definition) is 1. The maximum Gasteiger partial charge on any atom is 0.251 e. The highest BCUT2D eigenvalue weighted by molar-refractivity contribution is 6.21. The summed E-state index contributed by atoms with van der Waals surface area (Å²) < 4.78 is 0. The third-order valence-corrected chi connectivity index (χ3v) is 4.63. The number of carbonyl (C=O) groups excluding carboxylic acids is 1. The Bertz CT molecular complexity index is 695. The van der Waals surface area contributed by atoms with Gasteiger partial charge in [-0.15, -0.1) is 11.6 Å². The van der Waals surface area contributed by atoms with Crippen molar-refractivity contribution in [3.05, 3.63) is 70.3 Å². The molecule has 1 amide bonds. The first-order chi connectivity index (χ1) is 10.1. The average Bonchev–Trinajstić information content (AvgIpc) is 2.78. The summed E-state index contributed by atoms with van der Waals surface area (Å²) in [6.45, 7) is 4.06. The van der Waals surface area contributed by atoms with Gasteiger partial charge in [-0.25, -0.2) is 0 Å². The summed E-state index contributed by atoms with van der Waals surface area (Å²) in [7, 11) is 0. The van der Waals surface area contributed by atoms with Crippen LogP contribution >= 0.6 is 11.6 Å². The Morgan fingerprint density at radius 3 is 2.67 bits per heavy atom. The molecule has 2 aromatic rings. The van der Waals surface area contributed by atoms with E-state index in [0.717, 1.165) is 17.5 Å². The van der Waals surface area contributed by atoms with Crippen molar-refractivity contribution in [2.75, 3.05) is 0 Å². The summed E-state index contributed by atoms with van der Waals surface area (Å²) >= 11 is 6.42. The van der Waals surface area contributed by atoms with Crippen molar-refractivity contribution in [3.63, 3.8) is 0 Å². The molecule has 0 fully saturated rings. The molecule has 0 bridgehead atoms. The Morgan fingerprint density at radius 1 is 1.14 bits per heavy atom. The molecule has 0 saturated heterocycles. The lowest BCUT2D eigenvalue weighted by Gasteiger charge is -2.18. The zero-order chi connectivity index (χ0) is 15.0. The number of benzene rings is 2. The molecule has 3 heteroatoms. The first kappa shape index (κ1) is 14.2. The van der Waals surface area contributed by atoms with Gasteiger partial charge >= 0.3 is 0 Å². The molecule has 0 radical (unpaired) electrons. The molecule has 1 aliphatic carbocycles. The Labute approximate surface area is 130 Å². The van der Waals surface area contributed by atoms with Crippen LogP contribution in [0.3, 0.4) is 0 Å². The van der Waals surface area contributed by atoms with Crippen LogP contribution in [-0.4, -0.2) is 11.3 Å². The first-order valence-corrected chi connectivity index (χ1v) is 7.60. The quantitative estimate of drug-likeness (QED) is 0.836. The fourth-order valence-corrected chi connectivity index (χ4v) is 3.19. The first-order valence-electron chi connectivity index (χ1n) is 7.16. The van der Waals surface area contributed by atoms with Crippen molar-refractivity contribution < 1.29 is 4.79 Å². The van der Waals surface area contributed by atoms with Gasteiger partial charge in [0.1, 0.15) is 0 Å². The number of hydrogen-bond acceptors (Lipinski definition) is 1. The molecular formula is C18H18ClNO. The monoisotopic (exact) mass is 299 g/mol. The van der Waals surface area contributed by atoms with E-state index in [1.165, 1.54) is 11.1 Å². The Balaban J connectivity index is 1.83. The number of nitrogens with one attached hydrogen (secondary N) is 1. The van der Waals surface area contributed by atoms with Crippen LogP contribution in [0.25, 0.3) is 0 Å². The molecule has 3 rings (SSSR count). The maximum atomic E-state index is 12.4. The number of halogens is 1. The van der Waals surface area contributed by atoms with E-state index >= 15 is 0 Å². The van der Waals surface area contributed by atoms with E-state index in [2.05, 4.69) is 11.4 Å². The molecular weight excluding hydrogens is 282 g/mol. The molecule has 1 aliphatic rings. The van der Waals surface area contributed by atoms with E-state index < -0.39 is 0 Å². The van der Waals surface area contributed by atoms with Gasteiger partial charge in [0.05, 0.1) is 11.4 Å². The van der Waals surface area contributed by atoms with E-state index in [1.54, 1.807) is 0 Å². The van der Waals surface area contributed by atoms with Crippen LogP contribution in [0.5, 0.6) is 0 Å². The lowest BCUT2D eigenvalue weighted by molar-refractivity contribution is 0.0937. The van der Waals surface area contributed by atoms with Crippen LogP contribution in [0.15, 0.2) is 42.5 Å². The van der Waals surface area contributed by atoms with Gasteiger partial charge in [-0.2, -0.15) is 0 Å². The van der Waals surface area contributed by atoms with Gasteiger partial charge in [0.2, 0.25) is 0 Å². The van der Waals surface area contributed by atoms with E-state index in [-0.39, 0.29) is 17.3 Å². The molecule has 2 atom stereocenters. The summed E-state index contributed by atoms with van der Waals surface area (Å²) in [6.07, 6.45) is 0.801. The molecule has 108 valence electrons. The summed E-state index contributed by atoms with van der Waals surface area (Å²) in [5.41, 5.74) is 5.36. The van der Waals surface area contributed by atoms with Gasteiger partial charge in [0, 0.05) is 5.56 Å². The molecule has 0 aromatic heterocycles. The standard InChI is InChI=1S/C18H18ClNO/c1-11-7-8-14(9-12(11)2)18(21)20-17-15-6-4-3-5-13(15)10-16(17)19/h3-9,16-17H,10H2,1-2H3,(H,20,21).